The summed E-state index contributed by atoms with van der Waals surface area (Å²) < 4.78 is 5.19. The van der Waals surface area contributed by atoms with Gasteiger partial charge in [0.1, 0.15) is 5.75 Å². The van der Waals surface area contributed by atoms with Crippen molar-refractivity contribution in [2.24, 2.45) is 0 Å². The predicted molar refractivity (Wildman–Crippen MR) is 129 cm³/mol. The maximum absolute atomic E-state index is 12.4. The lowest BCUT2D eigenvalue weighted by Crippen LogP contribution is -2.23. The molecular formula is C23H23N5O2S2. The van der Waals surface area contributed by atoms with Crippen LogP contribution in [0.3, 0.4) is 0 Å². The highest BCUT2D eigenvalue weighted by Gasteiger charge is 2.20. The van der Waals surface area contributed by atoms with Crippen molar-refractivity contribution in [2.45, 2.75) is 31.2 Å². The van der Waals surface area contributed by atoms with Crippen molar-refractivity contribution in [3.63, 3.8) is 0 Å². The minimum Gasteiger partial charge on any atom is -0.497 e. The number of aromatic amines is 1. The molecule has 0 aliphatic rings. The van der Waals surface area contributed by atoms with Gasteiger partial charge in [-0.15, -0.1) is 16.4 Å². The molecule has 0 unspecified atom stereocenters. The molecule has 32 heavy (non-hydrogen) atoms. The summed E-state index contributed by atoms with van der Waals surface area (Å²) in [4.78, 5) is 23.4. The average Bonchev–Trinajstić information content (AvgIpc) is 3.48. The van der Waals surface area contributed by atoms with Gasteiger partial charge in [-0.05, 0) is 42.3 Å². The number of carbonyl (C=O) groups is 1. The molecule has 0 aliphatic heterocycles. The molecule has 0 aliphatic carbocycles. The molecule has 0 saturated carbocycles. The monoisotopic (exact) mass is 465 g/mol. The molecule has 2 heterocycles. The van der Waals surface area contributed by atoms with Gasteiger partial charge in [-0.25, -0.2) is 9.97 Å². The fraction of sp³-hybridized carbons (Fsp3) is 0.217. The Labute approximate surface area is 194 Å². The first-order chi connectivity index (χ1) is 15.6. The molecule has 0 fully saturated rings. The Bertz CT molecular complexity index is 1200. The first kappa shape index (κ1) is 22.0. The number of nitrogens with zero attached hydrogens (tertiary/aromatic N) is 4. The van der Waals surface area contributed by atoms with Crippen LogP contribution in [-0.2, 0) is 17.0 Å². The van der Waals surface area contributed by atoms with Crippen LogP contribution in [0.2, 0.25) is 0 Å². The quantitative estimate of drug-likeness (QED) is 0.347. The number of carbonyl (C=O) groups excluding carboxylic acids is 1. The van der Waals surface area contributed by atoms with E-state index in [4.69, 9.17) is 9.72 Å². The van der Waals surface area contributed by atoms with Crippen LogP contribution < -0.4 is 9.64 Å². The Morgan fingerprint density at radius 1 is 1.16 bits per heavy atom. The zero-order valence-corrected chi connectivity index (χ0v) is 19.7. The first-order valence-electron chi connectivity index (χ1n) is 10.1. The van der Waals surface area contributed by atoms with Crippen LogP contribution in [0.4, 0.5) is 10.8 Å². The highest BCUT2D eigenvalue weighted by Crippen LogP contribution is 2.33. The van der Waals surface area contributed by atoms with Crippen molar-refractivity contribution in [3.05, 3.63) is 65.2 Å². The predicted octanol–water partition coefficient (Wildman–Crippen LogP) is 5.48. The number of methoxy groups -OCH3 is 1. The Morgan fingerprint density at radius 3 is 2.66 bits per heavy atom. The number of ether oxygens (including phenoxy) is 1. The standard InChI is InChI=1S/C23H23N5O2S2/c1-4-16-7-5-6-8-20(16)28(15(2)29)23-24-18(14-32-23)13-31-22-25-21(26-27-22)17-9-11-19(30-3)12-10-17/h5-12,14H,4,13H2,1-3H3,(H,25,26,27). The van der Waals surface area contributed by atoms with Crippen molar-refractivity contribution in [2.75, 3.05) is 12.0 Å². The topological polar surface area (TPSA) is 84.0 Å². The zero-order valence-electron chi connectivity index (χ0n) is 18.0. The third-order valence-electron chi connectivity index (χ3n) is 4.84. The van der Waals surface area contributed by atoms with Crippen LogP contribution in [-0.4, -0.2) is 33.2 Å². The molecule has 1 N–H and O–H groups in total. The summed E-state index contributed by atoms with van der Waals surface area (Å²) in [6.45, 7) is 3.65. The van der Waals surface area contributed by atoms with Crippen molar-refractivity contribution >= 4 is 39.8 Å². The maximum Gasteiger partial charge on any atom is 0.230 e. The Kier molecular flexibility index (Phi) is 6.87. The number of thiazole rings is 1. The molecule has 0 radical (unpaired) electrons. The summed E-state index contributed by atoms with van der Waals surface area (Å²) in [5.41, 5.74) is 3.81. The van der Waals surface area contributed by atoms with Crippen molar-refractivity contribution in [3.8, 4) is 17.1 Å². The number of anilines is 2. The number of thioether (sulfide) groups is 1. The Hall–Kier alpha value is -3.17. The first-order valence-corrected chi connectivity index (χ1v) is 12.0. The van der Waals surface area contributed by atoms with Crippen molar-refractivity contribution < 1.29 is 9.53 Å². The summed E-state index contributed by atoms with van der Waals surface area (Å²) in [6.07, 6.45) is 0.843. The number of para-hydroxylation sites is 1. The molecule has 0 atom stereocenters. The molecule has 2 aromatic heterocycles. The molecule has 0 saturated heterocycles. The van der Waals surface area contributed by atoms with E-state index in [0.29, 0.717) is 21.9 Å². The third-order valence-corrected chi connectivity index (χ3v) is 6.59. The molecule has 1 amide bonds. The minimum atomic E-state index is -0.0578. The molecule has 4 rings (SSSR count). The van der Waals surface area contributed by atoms with Crippen molar-refractivity contribution in [1.82, 2.24) is 20.2 Å². The van der Waals surface area contributed by atoms with Gasteiger partial charge in [0.05, 0.1) is 18.5 Å². The van der Waals surface area contributed by atoms with E-state index in [1.54, 1.807) is 18.9 Å². The van der Waals surface area contributed by atoms with Crippen LogP contribution in [0.15, 0.2) is 59.1 Å². The summed E-state index contributed by atoms with van der Waals surface area (Å²) in [7, 11) is 1.64. The van der Waals surface area contributed by atoms with Crippen LogP contribution >= 0.6 is 23.1 Å². The highest BCUT2D eigenvalue weighted by atomic mass is 32.2. The van der Waals surface area contributed by atoms with Gasteiger partial charge in [0.2, 0.25) is 11.1 Å². The second kappa shape index (κ2) is 9.97. The van der Waals surface area contributed by atoms with E-state index < -0.39 is 0 Å². The van der Waals surface area contributed by atoms with Gasteiger partial charge in [0, 0.05) is 23.6 Å². The lowest BCUT2D eigenvalue weighted by molar-refractivity contribution is -0.115. The van der Waals surface area contributed by atoms with E-state index in [1.807, 2.05) is 53.9 Å². The number of aryl methyl sites for hydroxylation is 1. The average molecular weight is 466 g/mol. The van der Waals surface area contributed by atoms with Crippen LogP contribution in [0.1, 0.15) is 25.1 Å². The summed E-state index contributed by atoms with van der Waals surface area (Å²) in [5.74, 6) is 2.05. The molecule has 2 aromatic carbocycles. The van der Waals surface area contributed by atoms with Gasteiger partial charge >= 0.3 is 0 Å². The molecule has 164 valence electrons. The molecule has 7 nitrogen and oxygen atoms in total. The van der Waals surface area contributed by atoms with E-state index in [0.717, 1.165) is 34.7 Å². The van der Waals surface area contributed by atoms with E-state index in [9.17, 15) is 4.79 Å². The number of aromatic nitrogens is 4. The van der Waals surface area contributed by atoms with Crippen LogP contribution in [0, 0.1) is 0 Å². The van der Waals surface area contributed by atoms with Gasteiger partial charge in [-0.2, -0.15) is 0 Å². The van der Waals surface area contributed by atoms with E-state index >= 15 is 0 Å². The molecule has 4 aromatic rings. The number of amides is 1. The van der Waals surface area contributed by atoms with Gasteiger partial charge in [0.15, 0.2) is 11.0 Å². The maximum atomic E-state index is 12.4. The van der Waals surface area contributed by atoms with E-state index in [-0.39, 0.29) is 5.91 Å². The second-order valence-electron chi connectivity index (χ2n) is 6.94. The molecule has 0 spiro atoms. The van der Waals surface area contributed by atoms with Gasteiger partial charge < -0.3 is 4.74 Å². The fourth-order valence-electron chi connectivity index (χ4n) is 3.23. The van der Waals surface area contributed by atoms with E-state index in [1.165, 1.54) is 23.1 Å². The Morgan fingerprint density at radius 2 is 1.94 bits per heavy atom. The van der Waals surface area contributed by atoms with Crippen LogP contribution in [0.5, 0.6) is 5.75 Å². The summed E-state index contributed by atoms with van der Waals surface area (Å²) >= 11 is 2.96. The number of hydrogen-bond acceptors (Lipinski definition) is 7. The van der Waals surface area contributed by atoms with Crippen molar-refractivity contribution in [1.29, 1.82) is 0 Å². The smallest absolute Gasteiger partial charge is 0.230 e. The minimum absolute atomic E-state index is 0.0578. The Balaban J connectivity index is 1.46. The summed E-state index contributed by atoms with van der Waals surface area (Å²) in [6, 6.07) is 15.6. The normalized spacial score (nSPS) is 10.8. The third kappa shape index (κ3) is 4.84. The van der Waals surface area contributed by atoms with Gasteiger partial charge in [-0.1, -0.05) is 36.9 Å². The molecule has 0 bridgehead atoms. The summed E-state index contributed by atoms with van der Waals surface area (Å²) in [5, 5.41) is 10.6. The molecular weight excluding hydrogens is 442 g/mol. The molecule has 9 heteroatoms. The highest BCUT2D eigenvalue weighted by molar-refractivity contribution is 7.98. The number of benzene rings is 2. The largest absolute Gasteiger partial charge is 0.497 e. The lowest BCUT2D eigenvalue weighted by Gasteiger charge is -2.20. The SMILES string of the molecule is CCc1ccccc1N(C(C)=O)c1nc(CSc2n[nH]c(-c3ccc(OC)cc3)n2)cs1. The number of rotatable bonds is 8. The number of H-pyrrole nitrogens is 1. The lowest BCUT2D eigenvalue weighted by atomic mass is 10.1. The van der Waals surface area contributed by atoms with Gasteiger partial charge in [0.25, 0.3) is 0 Å². The number of hydrogen-bond donors (Lipinski definition) is 1. The zero-order chi connectivity index (χ0) is 22.5. The fourth-order valence-corrected chi connectivity index (χ4v) is 4.90. The number of nitrogens with one attached hydrogen (secondary N) is 1. The van der Waals surface area contributed by atoms with Crippen LogP contribution in [0.25, 0.3) is 11.4 Å². The van der Waals surface area contributed by atoms with E-state index in [2.05, 4.69) is 22.1 Å². The second-order valence-corrected chi connectivity index (χ2v) is 8.72. The van der Waals surface area contributed by atoms with Gasteiger partial charge in [-0.3, -0.25) is 14.8 Å².